The van der Waals surface area contributed by atoms with E-state index < -0.39 is 23.8 Å². The molecule has 2 N–H and O–H groups in total. The predicted molar refractivity (Wildman–Crippen MR) is 40.8 cm³/mol. The highest BCUT2D eigenvalue weighted by molar-refractivity contribution is 6.11. The lowest BCUT2D eigenvalue weighted by molar-refractivity contribution is -0.138. The van der Waals surface area contributed by atoms with Crippen LogP contribution in [-0.4, -0.2) is 55.1 Å². The van der Waals surface area contributed by atoms with Crippen LogP contribution in [0.3, 0.4) is 0 Å². The first-order valence-corrected chi connectivity index (χ1v) is 4.03. The second-order valence-electron chi connectivity index (χ2n) is 3.34. The quantitative estimate of drug-likeness (QED) is 0.465. The van der Waals surface area contributed by atoms with Crippen LogP contribution in [0.1, 0.15) is 6.42 Å². The second-order valence-corrected chi connectivity index (χ2v) is 3.34. The molecule has 12 heavy (non-hydrogen) atoms. The van der Waals surface area contributed by atoms with E-state index in [0.717, 1.165) is 0 Å². The summed E-state index contributed by atoms with van der Waals surface area (Å²) in [5.41, 5.74) is -0.873. The minimum absolute atomic E-state index is 0.207. The van der Waals surface area contributed by atoms with Gasteiger partial charge >= 0.3 is 0 Å². The van der Waals surface area contributed by atoms with E-state index in [1.807, 2.05) is 0 Å². The van der Waals surface area contributed by atoms with Crippen molar-refractivity contribution in [3.8, 4) is 0 Å². The third-order valence-electron chi connectivity index (χ3n) is 2.65. The molecule has 4 atom stereocenters. The Morgan fingerprint density at radius 2 is 2.33 bits per heavy atom. The molecular weight excluding hydrogens is 159 g/mol. The first-order chi connectivity index (χ1) is 5.69. The van der Waals surface area contributed by atoms with Gasteiger partial charge in [0, 0.05) is 12.4 Å². The topological polar surface area (TPSA) is 58.9 Å². The molecule has 0 saturated carbocycles. The summed E-state index contributed by atoms with van der Waals surface area (Å²) in [6, 6.07) is -0.616. The first kappa shape index (κ1) is 8.50. The SMILES string of the molecule is [B][C@@H]1O[C@@]2(CO)CCOC1C2O. The normalized spacial score (nSPS) is 52.7. The highest BCUT2D eigenvalue weighted by atomic mass is 16.6. The van der Waals surface area contributed by atoms with Gasteiger partial charge in [0.05, 0.1) is 13.2 Å². The molecule has 0 aromatic rings. The van der Waals surface area contributed by atoms with Crippen molar-refractivity contribution in [3.63, 3.8) is 0 Å². The molecule has 5 heteroatoms. The molecule has 0 aromatic carbocycles. The lowest BCUT2D eigenvalue weighted by atomic mass is 9.86. The monoisotopic (exact) mass is 170 g/mol. The molecule has 2 rings (SSSR count). The van der Waals surface area contributed by atoms with E-state index in [2.05, 4.69) is 0 Å². The van der Waals surface area contributed by atoms with Gasteiger partial charge in [0.25, 0.3) is 0 Å². The minimum atomic E-state index is -0.873. The zero-order valence-corrected chi connectivity index (χ0v) is 6.64. The van der Waals surface area contributed by atoms with E-state index in [1.54, 1.807) is 0 Å². The van der Waals surface area contributed by atoms with Gasteiger partial charge < -0.3 is 19.7 Å². The molecule has 2 unspecified atom stereocenters. The summed E-state index contributed by atoms with van der Waals surface area (Å²) in [4.78, 5) is 0. The van der Waals surface area contributed by atoms with E-state index in [4.69, 9.17) is 22.4 Å². The lowest BCUT2D eigenvalue weighted by Crippen LogP contribution is -2.51. The molecule has 2 aliphatic rings. The number of ether oxygens (including phenoxy) is 2. The molecule has 2 radical (unpaired) electrons. The number of aliphatic hydroxyl groups excluding tert-OH is 2. The van der Waals surface area contributed by atoms with Crippen LogP contribution in [0.25, 0.3) is 0 Å². The average molecular weight is 170 g/mol. The summed E-state index contributed by atoms with van der Waals surface area (Å²) in [5.74, 6) is 0. The minimum Gasteiger partial charge on any atom is -0.393 e. The fraction of sp³-hybridized carbons (Fsp3) is 1.00. The van der Waals surface area contributed by atoms with Crippen molar-refractivity contribution < 1.29 is 19.7 Å². The Kier molecular flexibility index (Phi) is 1.91. The summed E-state index contributed by atoms with van der Waals surface area (Å²) in [7, 11) is 5.55. The van der Waals surface area contributed by atoms with Crippen LogP contribution in [0.4, 0.5) is 0 Å². The second kappa shape index (κ2) is 2.70. The summed E-state index contributed by atoms with van der Waals surface area (Å²) < 4.78 is 10.5. The molecule has 66 valence electrons. The van der Waals surface area contributed by atoms with Crippen LogP contribution in [0.15, 0.2) is 0 Å². The summed E-state index contributed by atoms with van der Waals surface area (Å²) in [6.45, 7) is 0.276. The van der Waals surface area contributed by atoms with Crippen LogP contribution in [0.5, 0.6) is 0 Å². The fourth-order valence-electron chi connectivity index (χ4n) is 1.86. The molecule has 2 bridgehead atoms. The Bertz CT molecular complexity index is 188. The van der Waals surface area contributed by atoms with Crippen LogP contribution in [-0.2, 0) is 9.47 Å². The number of hydrogen-bond acceptors (Lipinski definition) is 4. The van der Waals surface area contributed by atoms with Gasteiger partial charge in [-0.3, -0.25) is 0 Å². The Morgan fingerprint density at radius 3 is 2.92 bits per heavy atom. The molecule has 0 amide bonds. The van der Waals surface area contributed by atoms with Crippen LogP contribution >= 0.6 is 0 Å². The van der Waals surface area contributed by atoms with Crippen molar-refractivity contribution in [1.82, 2.24) is 0 Å². The average Bonchev–Trinajstić information content (AvgIpc) is 2.23. The van der Waals surface area contributed by atoms with E-state index in [-0.39, 0.29) is 6.61 Å². The molecule has 0 aromatic heterocycles. The largest absolute Gasteiger partial charge is 0.393 e. The van der Waals surface area contributed by atoms with E-state index in [0.29, 0.717) is 13.0 Å². The van der Waals surface area contributed by atoms with Gasteiger partial charge in [0.1, 0.15) is 25.7 Å². The number of rotatable bonds is 1. The van der Waals surface area contributed by atoms with Crippen molar-refractivity contribution in [3.05, 3.63) is 0 Å². The maximum atomic E-state index is 9.64. The third kappa shape index (κ3) is 0.940. The summed E-state index contributed by atoms with van der Waals surface area (Å²) >= 11 is 0. The number of aliphatic hydroxyl groups is 2. The Labute approximate surface area is 71.9 Å². The van der Waals surface area contributed by atoms with Gasteiger partial charge in [-0.1, -0.05) is 0 Å². The van der Waals surface area contributed by atoms with Crippen LogP contribution < -0.4 is 0 Å². The zero-order chi connectivity index (χ0) is 8.77. The van der Waals surface area contributed by atoms with Crippen LogP contribution in [0.2, 0.25) is 0 Å². The molecule has 4 nitrogen and oxygen atoms in total. The van der Waals surface area contributed by atoms with Crippen molar-refractivity contribution in [2.75, 3.05) is 13.2 Å². The van der Waals surface area contributed by atoms with Gasteiger partial charge in [0.2, 0.25) is 0 Å². The van der Waals surface area contributed by atoms with Crippen molar-refractivity contribution in [1.29, 1.82) is 0 Å². The van der Waals surface area contributed by atoms with Gasteiger partial charge in [-0.25, -0.2) is 0 Å². The predicted octanol–water partition coefficient (Wildman–Crippen LogP) is -1.61. The standard InChI is InChI=1S/C7H11BO4/c8-6-4-5(10)7(3-9,12-6)1-2-11-4/h4-6,9-10H,1-3H2/t4?,5?,6-,7-/m1/s1. The lowest BCUT2D eigenvalue weighted by Gasteiger charge is -2.34. The van der Waals surface area contributed by atoms with Crippen LogP contribution in [0, 0.1) is 0 Å². The third-order valence-corrected chi connectivity index (χ3v) is 2.65. The maximum absolute atomic E-state index is 9.64. The van der Waals surface area contributed by atoms with Gasteiger partial charge in [0.15, 0.2) is 0 Å². The van der Waals surface area contributed by atoms with E-state index in [1.165, 1.54) is 0 Å². The number of hydrogen-bond donors (Lipinski definition) is 2. The molecule has 2 saturated heterocycles. The maximum Gasteiger partial charge on any atom is 0.121 e. The van der Waals surface area contributed by atoms with Crippen molar-refractivity contribution in [2.45, 2.75) is 30.2 Å². The number of fused-ring (bicyclic) bond motifs is 2. The van der Waals surface area contributed by atoms with Crippen molar-refractivity contribution in [2.24, 2.45) is 0 Å². The molecule has 2 fully saturated rings. The first-order valence-electron chi connectivity index (χ1n) is 4.03. The zero-order valence-electron chi connectivity index (χ0n) is 6.64. The van der Waals surface area contributed by atoms with Gasteiger partial charge in [-0.15, -0.1) is 0 Å². The molecule has 0 spiro atoms. The summed E-state index contributed by atoms with van der Waals surface area (Å²) in [6.07, 6.45) is -0.786. The Morgan fingerprint density at radius 1 is 1.58 bits per heavy atom. The van der Waals surface area contributed by atoms with Crippen molar-refractivity contribution >= 4 is 7.85 Å². The summed E-state index contributed by atoms with van der Waals surface area (Å²) in [5, 5.41) is 18.7. The van der Waals surface area contributed by atoms with Gasteiger partial charge in [-0.2, -0.15) is 0 Å². The molecular formula is C7H11BO4. The molecule has 0 aliphatic carbocycles. The highest BCUT2D eigenvalue weighted by Crippen LogP contribution is 2.38. The van der Waals surface area contributed by atoms with E-state index in [9.17, 15) is 5.11 Å². The molecule has 2 aliphatic heterocycles. The Balaban J connectivity index is 2.24. The van der Waals surface area contributed by atoms with E-state index >= 15 is 0 Å². The Hall–Kier alpha value is -0.0951. The smallest absolute Gasteiger partial charge is 0.121 e. The van der Waals surface area contributed by atoms with Gasteiger partial charge in [-0.05, 0) is 0 Å². The fourth-order valence-corrected chi connectivity index (χ4v) is 1.86. The highest BCUT2D eigenvalue weighted by Gasteiger charge is 2.55. The molecule has 2 heterocycles.